The minimum Gasteiger partial charge on any atom is -0.494 e. The number of nitrogens with one attached hydrogen (secondary N) is 2. The molecule has 0 bridgehead atoms. The van der Waals surface area contributed by atoms with Gasteiger partial charge in [-0.25, -0.2) is 4.79 Å². The molecule has 0 atom stereocenters. The number of nitrogens with zero attached hydrogens (tertiary/aromatic N) is 2. The van der Waals surface area contributed by atoms with Gasteiger partial charge in [-0.05, 0) is 31.7 Å². The number of hydrogen-bond donors (Lipinski definition) is 2. The Hall–Kier alpha value is -2.45. The molecular formula is C17H22N4O4. The molecule has 0 aliphatic carbocycles. The highest BCUT2D eigenvalue weighted by atomic mass is 16.5. The molecular weight excluding hydrogens is 324 g/mol. The third-order valence-corrected chi connectivity index (χ3v) is 4.67. The largest absolute Gasteiger partial charge is 0.494 e. The Morgan fingerprint density at radius 1 is 1.00 bits per heavy atom. The molecule has 2 saturated heterocycles. The summed E-state index contributed by atoms with van der Waals surface area (Å²) < 4.78 is 5.44. The van der Waals surface area contributed by atoms with Crippen LogP contribution in [0.25, 0.3) is 0 Å². The molecule has 8 heteroatoms. The normalized spacial score (nSPS) is 21.6. The van der Waals surface area contributed by atoms with E-state index in [0.717, 1.165) is 13.1 Å². The Morgan fingerprint density at radius 3 is 2.08 bits per heavy atom. The molecule has 0 saturated carbocycles. The van der Waals surface area contributed by atoms with Crippen molar-refractivity contribution in [2.75, 3.05) is 39.8 Å². The van der Waals surface area contributed by atoms with Gasteiger partial charge in [0.2, 0.25) is 5.54 Å². The van der Waals surface area contributed by atoms with Crippen molar-refractivity contribution in [1.82, 2.24) is 20.4 Å². The van der Waals surface area contributed by atoms with Crippen LogP contribution in [-0.4, -0.2) is 67.5 Å². The Bertz CT molecular complexity index is 660. The second kappa shape index (κ2) is 6.81. The van der Waals surface area contributed by atoms with Gasteiger partial charge in [-0.15, -0.1) is 0 Å². The number of amides is 4. The van der Waals surface area contributed by atoms with Gasteiger partial charge < -0.3 is 9.64 Å². The van der Waals surface area contributed by atoms with Crippen LogP contribution in [0.15, 0.2) is 24.3 Å². The minimum atomic E-state index is -1.56. The van der Waals surface area contributed by atoms with Gasteiger partial charge in [-0.1, -0.05) is 12.1 Å². The quantitative estimate of drug-likeness (QED) is 0.740. The number of ether oxygens (including phenoxy) is 1. The molecule has 1 aromatic carbocycles. The summed E-state index contributed by atoms with van der Waals surface area (Å²) in [4.78, 5) is 41.2. The molecule has 0 spiro atoms. The van der Waals surface area contributed by atoms with Crippen LogP contribution in [0.5, 0.6) is 5.75 Å². The van der Waals surface area contributed by atoms with E-state index < -0.39 is 23.4 Å². The van der Waals surface area contributed by atoms with E-state index in [4.69, 9.17) is 4.74 Å². The zero-order valence-electron chi connectivity index (χ0n) is 14.4. The van der Waals surface area contributed by atoms with Crippen molar-refractivity contribution in [3.05, 3.63) is 29.8 Å². The number of hydrogen-bond acceptors (Lipinski definition) is 6. The van der Waals surface area contributed by atoms with Crippen LogP contribution < -0.4 is 15.4 Å². The van der Waals surface area contributed by atoms with E-state index in [1.165, 1.54) is 0 Å². The van der Waals surface area contributed by atoms with Gasteiger partial charge in [0.1, 0.15) is 5.75 Å². The summed E-state index contributed by atoms with van der Waals surface area (Å²) in [5, 5.41) is 4.50. The maximum Gasteiger partial charge on any atom is 0.328 e. The molecule has 1 aromatic rings. The smallest absolute Gasteiger partial charge is 0.328 e. The summed E-state index contributed by atoms with van der Waals surface area (Å²) in [6.45, 7) is 4.95. The fourth-order valence-corrected chi connectivity index (χ4v) is 3.35. The van der Waals surface area contributed by atoms with Crippen molar-refractivity contribution in [2.45, 2.75) is 12.5 Å². The van der Waals surface area contributed by atoms with E-state index in [1.54, 1.807) is 24.3 Å². The molecule has 3 rings (SSSR count). The van der Waals surface area contributed by atoms with E-state index in [1.807, 2.05) is 18.9 Å². The number of imide groups is 2. The van der Waals surface area contributed by atoms with Crippen molar-refractivity contribution in [1.29, 1.82) is 0 Å². The van der Waals surface area contributed by atoms with Gasteiger partial charge in [-0.2, -0.15) is 0 Å². The molecule has 2 heterocycles. The molecule has 0 radical (unpaired) electrons. The fourth-order valence-electron chi connectivity index (χ4n) is 3.35. The highest BCUT2D eigenvalue weighted by Crippen LogP contribution is 2.33. The molecule has 2 N–H and O–H groups in total. The molecule has 0 aromatic heterocycles. The summed E-state index contributed by atoms with van der Waals surface area (Å²) in [5.41, 5.74) is -1.04. The van der Waals surface area contributed by atoms with Crippen LogP contribution in [0.2, 0.25) is 0 Å². The first-order valence-corrected chi connectivity index (χ1v) is 8.32. The summed E-state index contributed by atoms with van der Waals surface area (Å²) in [6.07, 6.45) is 0. The molecule has 2 fully saturated rings. The van der Waals surface area contributed by atoms with Crippen molar-refractivity contribution in [2.24, 2.45) is 0 Å². The highest BCUT2D eigenvalue weighted by molar-refractivity contribution is 6.22. The average Bonchev–Trinajstić information content (AvgIpc) is 2.57. The molecule has 8 nitrogen and oxygen atoms in total. The Morgan fingerprint density at radius 2 is 1.56 bits per heavy atom. The SMILES string of the molecule is CCOc1ccc(C2(N3CCN(C)CC3)C(=O)NC(=O)NC2=O)cc1. The average molecular weight is 346 g/mol. The van der Waals surface area contributed by atoms with Crippen molar-refractivity contribution in [3.8, 4) is 5.75 Å². The van der Waals surface area contributed by atoms with Gasteiger partial charge >= 0.3 is 6.03 Å². The molecule has 134 valence electrons. The number of rotatable bonds is 4. The number of piperazine rings is 1. The molecule has 25 heavy (non-hydrogen) atoms. The lowest BCUT2D eigenvalue weighted by Crippen LogP contribution is -2.72. The van der Waals surface area contributed by atoms with Crippen LogP contribution >= 0.6 is 0 Å². The van der Waals surface area contributed by atoms with Gasteiger partial charge in [0, 0.05) is 26.2 Å². The molecule has 0 unspecified atom stereocenters. The zero-order chi connectivity index (χ0) is 18.0. The van der Waals surface area contributed by atoms with E-state index in [0.29, 0.717) is 31.0 Å². The summed E-state index contributed by atoms with van der Waals surface area (Å²) in [6, 6.07) is 6.09. The van der Waals surface area contributed by atoms with Crippen molar-refractivity contribution >= 4 is 17.8 Å². The second-order valence-electron chi connectivity index (χ2n) is 6.20. The van der Waals surface area contributed by atoms with Gasteiger partial charge in [-0.3, -0.25) is 25.1 Å². The molecule has 4 amide bonds. The topological polar surface area (TPSA) is 91.0 Å². The number of benzene rings is 1. The predicted molar refractivity (Wildman–Crippen MR) is 90.0 cm³/mol. The maximum atomic E-state index is 12.8. The van der Waals surface area contributed by atoms with Gasteiger partial charge in [0.25, 0.3) is 11.8 Å². The van der Waals surface area contributed by atoms with E-state index in [9.17, 15) is 14.4 Å². The minimum absolute atomic E-state index is 0.517. The Labute approximate surface area is 146 Å². The Kier molecular flexibility index (Phi) is 4.73. The summed E-state index contributed by atoms with van der Waals surface area (Å²) in [7, 11) is 1.99. The van der Waals surface area contributed by atoms with Crippen LogP contribution in [-0.2, 0) is 15.1 Å². The highest BCUT2D eigenvalue weighted by Gasteiger charge is 2.56. The van der Waals surface area contributed by atoms with Crippen LogP contribution in [0, 0.1) is 0 Å². The van der Waals surface area contributed by atoms with Crippen molar-refractivity contribution in [3.63, 3.8) is 0 Å². The zero-order valence-corrected chi connectivity index (χ0v) is 14.4. The first-order chi connectivity index (χ1) is 12.0. The number of barbiturate groups is 1. The number of urea groups is 1. The number of likely N-dealkylation sites (N-methyl/N-ethyl adjacent to an activating group) is 1. The summed E-state index contributed by atoms with van der Waals surface area (Å²) >= 11 is 0. The lowest BCUT2D eigenvalue weighted by atomic mass is 9.84. The van der Waals surface area contributed by atoms with E-state index in [-0.39, 0.29) is 0 Å². The van der Waals surface area contributed by atoms with Gasteiger partial charge in [0.15, 0.2) is 0 Å². The van der Waals surface area contributed by atoms with Crippen LogP contribution in [0.4, 0.5) is 4.79 Å². The van der Waals surface area contributed by atoms with E-state index in [2.05, 4.69) is 15.5 Å². The van der Waals surface area contributed by atoms with Gasteiger partial charge in [0.05, 0.1) is 6.61 Å². The maximum absolute atomic E-state index is 12.8. The lowest BCUT2D eigenvalue weighted by Gasteiger charge is -2.46. The third-order valence-electron chi connectivity index (χ3n) is 4.67. The monoisotopic (exact) mass is 346 g/mol. The fraction of sp³-hybridized carbons (Fsp3) is 0.471. The van der Waals surface area contributed by atoms with Crippen molar-refractivity contribution < 1.29 is 19.1 Å². The predicted octanol–water partition coefficient (Wildman–Crippen LogP) is -0.106. The Balaban J connectivity index is 2.04. The van der Waals surface area contributed by atoms with Crippen LogP contribution in [0.1, 0.15) is 12.5 Å². The third kappa shape index (κ3) is 2.98. The van der Waals surface area contributed by atoms with Crippen LogP contribution in [0.3, 0.4) is 0 Å². The first kappa shape index (κ1) is 17.4. The first-order valence-electron chi connectivity index (χ1n) is 8.32. The summed E-state index contributed by atoms with van der Waals surface area (Å²) in [5.74, 6) is -0.572. The van der Waals surface area contributed by atoms with E-state index >= 15 is 0 Å². The molecule has 2 aliphatic heterocycles. The second-order valence-corrected chi connectivity index (χ2v) is 6.20. The number of carbonyl (C=O) groups excluding carboxylic acids is 3. The molecule has 2 aliphatic rings. The lowest BCUT2D eigenvalue weighted by molar-refractivity contribution is -0.150. The standard InChI is InChI=1S/C17H22N4O4/c1-3-25-13-6-4-12(5-7-13)17(21-10-8-20(2)9-11-21)14(22)18-16(24)19-15(17)23/h4-7H,3,8-11H2,1-2H3,(H2,18,19,22,23,24). The number of carbonyl (C=O) groups is 3.